The average Bonchev–Trinajstić information content (AvgIpc) is 2.94. The van der Waals surface area contributed by atoms with Gasteiger partial charge in [-0.25, -0.2) is 4.98 Å². The lowest BCUT2D eigenvalue weighted by molar-refractivity contribution is 0.0682. The normalized spacial score (nSPS) is 11.5. The Balaban J connectivity index is 2.25. The summed E-state index contributed by atoms with van der Waals surface area (Å²) in [5.74, 6) is -0.0109. The highest BCUT2D eigenvalue weighted by Gasteiger charge is 2.26. The van der Waals surface area contributed by atoms with E-state index in [1.807, 2.05) is 25.1 Å². The number of aromatic nitrogens is 2. The Bertz CT molecular complexity index is 677. The SMILES string of the molecule is COCCN(Cc1ccccn1)C(=O)c1sc(C(C)(C)C)nc1C. The predicted octanol–water partition coefficient (Wildman–Crippen LogP) is 3.43. The molecule has 2 aromatic rings. The minimum atomic E-state index is -0.0632. The van der Waals surface area contributed by atoms with E-state index in [1.165, 1.54) is 11.3 Å². The third-order valence-electron chi connectivity index (χ3n) is 3.56. The fourth-order valence-corrected chi connectivity index (χ4v) is 3.29. The van der Waals surface area contributed by atoms with E-state index in [4.69, 9.17) is 4.74 Å². The van der Waals surface area contributed by atoms with Crippen LogP contribution in [0.15, 0.2) is 24.4 Å². The van der Waals surface area contributed by atoms with E-state index in [-0.39, 0.29) is 11.3 Å². The van der Waals surface area contributed by atoms with Gasteiger partial charge < -0.3 is 9.64 Å². The molecule has 0 spiro atoms. The standard InChI is InChI=1S/C18H25N3O2S/c1-13-15(24-17(20-13)18(2,3)4)16(22)21(10-11-23-5)12-14-8-6-7-9-19-14/h6-9H,10-12H2,1-5H3. The van der Waals surface area contributed by atoms with Gasteiger partial charge in [0.2, 0.25) is 0 Å². The second-order valence-electron chi connectivity index (χ2n) is 6.72. The molecule has 0 aliphatic rings. The molecule has 0 aromatic carbocycles. The van der Waals surface area contributed by atoms with E-state index >= 15 is 0 Å². The number of ether oxygens (including phenoxy) is 1. The van der Waals surface area contributed by atoms with Crippen molar-refractivity contribution < 1.29 is 9.53 Å². The first-order valence-electron chi connectivity index (χ1n) is 7.99. The van der Waals surface area contributed by atoms with Gasteiger partial charge in [0.05, 0.1) is 29.5 Å². The highest BCUT2D eigenvalue weighted by atomic mass is 32.1. The summed E-state index contributed by atoms with van der Waals surface area (Å²) in [6.07, 6.45) is 1.74. The van der Waals surface area contributed by atoms with Crippen LogP contribution in [-0.2, 0) is 16.7 Å². The first-order valence-corrected chi connectivity index (χ1v) is 8.80. The van der Waals surface area contributed by atoms with Crippen LogP contribution in [0.1, 0.15) is 46.8 Å². The van der Waals surface area contributed by atoms with Crippen LogP contribution in [0.5, 0.6) is 0 Å². The van der Waals surface area contributed by atoms with Crippen molar-refractivity contribution in [2.75, 3.05) is 20.3 Å². The van der Waals surface area contributed by atoms with Crippen LogP contribution >= 0.6 is 11.3 Å². The van der Waals surface area contributed by atoms with E-state index < -0.39 is 0 Å². The Morgan fingerprint density at radius 2 is 2.08 bits per heavy atom. The maximum absolute atomic E-state index is 13.0. The Morgan fingerprint density at radius 3 is 2.62 bits per heavy atom. The first-order chi connectivity index (χ1) is 11.3. The fourth-order valence-electron chi connectivity index (χ4n) is 2.20. The zero-order valence-corrected chi connectivity index (χ0v) is 15.8. The largest absolute Gasteiger partial charge is 0.383 e. The minimum absolute atomic E-state index is 0.0109. The van der Waals surface area contributed by atoms with Crippen LogP contribution in [-0.4, -0.2) is 41.0 Å². The van der Waals surface area contributed by atoms with Gasteiger partial charge in [-0.2, -0.15) is 0 Å². The quantitative estimate of drug-likeness (QED) is 0.803. The van der Waals surface area contributed by atoms with Crippen molar-refractivity contribution in [1.82, 2.24) is 14.9 Å². The Morgan fingerprint density at radius 1 is 1.33 bits per heavy atom. The number of hydrogen-bond donors (Lipinski definition) is 0. The van der Waals surface area contributed by atoms with Gasteiger partial charge in [-0.05, 0) is 19.1 Å². The molecule has 2 heterocycles. The molecular weight excluding hydrogens is 322 g/mol. The maximum Gasteiger partial charge on any atom is 0.266 e. The van der Waals surface area contributed by atoms with Gasteiger partial charge in [0.25, 0.3) is 5.91 Å². The number of thiazole rings is 1. The number of aryl methyl sites for hydroxylation is 1. The number of pyridine rings is 1. The topological polar surface area (TPSA) is 55.3 Å². The van der Waals surface area contributed by atoms with Crippen LogP contribution in [0, 0.1) is 6.92 Å². The van der Waals surface area contributed by atoms with E-state index in [1.54, 1.807) is 18.2 Å². The lowest BCUT2D eigenvalue weighted by Gasteiger charge is -2.21. The molecule has 0 aliphatic carbocycles. The molecule has 0 fully saturated rings. The summed E-state index contributed by atoms with van der Waals surface area (Å²) < 4.78 is 5.16. The molecule has 24 heavy (non-hydrogen) atoms. The van der Waals surface area contributed by atoms with Crippen LogP contribution in [0.25, 0.3) is 0 Å². The minimum Gasteiger partial charge on any atom is -0.383 e. The number of hydrogen-bond acceptors (Lipinski definition) is 5. The molecule has 0 bridgehead atoms. The molecule has 0 atom stereocenters. The van der Waals surface area contributed by atoms with Crippen molar-refractivity contribution in [3.05, 3.63) is 45.7 Å². The molecule has 130 valence electrons. The highest BCUT2D eigenvalue weighted by Crippen LogP contribution is 2.30. The zero-order chi connectivity index (χ0) is 17.7. The van der Waals surface area contributed by atoms with Crippen LogP contribution in [0.2, 0.25) is 0 Å². The van der Waals surface area contributed by atoms with Crippen LogP contribution in [0.4, 0.5) is 0 Å². The van der Waals surface area contributed by atoms with Gasteiger partial charge in [0, 0.05) is 25.3 Å². The summed E-state index contributed by atoms with van der Waals surface area (Å²) >= 11 is 1.48. The number of rotatable bonds is 6. The second kappa shape index (κ2) is 7.85. The van der Waals surface area contributed by atoms with Gasteiger partial charge in [-0.15, -0.1) is 11.3 Å². The molecule has 0 radical (unpaired) electrons. The summed E-state index contributed by atoms with van der Waals surface area (Å²) in [5, 5.41) is 0.980. The number of nitrogens with zero attached hydrogens (tertiary/aromatic N) is 3. The van der Waals surface area contributed by atoms with Gasteiger partial charge in [-0.1, -0.05) is 26.8 Å². The molecule has 5 nitrogen and oxygen atoms in total. The lowest BCUT2D eigenvalue weighted by Crippen LogP contribution is -2.33. The molecule has 2 rings (SSSR count). The third-order valence-corrected chi connectivity index (χ3v) is 5.14. The number of carbonyl (C=O) groups is 1. The molecule has 0 saturated heterocycles. The maximum atomic E-state index is 13.0. The molecule has 6 heteroatoms. The van der Waals surface area contributed by atoms with Crippen molar-refractivity contribution >= 4 is 17.2 Å². The molecule has 0 aliphatic heterocycles. The smallest absolute Gasteiger partial charge is 0.266 e. The molecular formula is C18H25N3O2S. The molecule has 0 unspecified atom stereocenters. The zero-order valence-electron chi connectivity index (χ0n) is 15.0. The van der Waals surface area contributed by atoms with Gasteiger partial charge in [0.15, 0.2) is 0 Å². The first kappa shape index (κ1) is 18.5. The van der Waals surface area contributed by atoms with E-state index in [0.29, 0.717) is 24.6 Å². The fraction of sp³-hybridized carbons (Fsp3) is 0.500. The van der Waals surface area contributed by atoms with Crippen LogP contribution in [0.3, 0.4) is 0 Å². The molecule has 0 saturated carbocycles. The summed E-state index contributed by atoms with van der Waals surface area (Å²) in [7, 11) is 1.64. The molecule has 1 amide bonds. The Labute approximate surface area is 147 Å². The van der Waals surface area contributed by atoms with Gasteiger partial charge in [-0.3, -0.25) is 9.78 Å². The second-order valence-corrected chi connectivity index (χ2v) is 7.72. The van der Waals surface area contributed by atoms with Gasteiger partial charge in [0.1, 0.15) is 4.88 Å². The summed E-state index contributed by atoms with van der Waals surface area (Å²) in [6, 6.07) is 5.72. The van der Waals surface area contributed by atoms with Crippen molar-refractivity contribution in [2.45, 2.75) is 39.7 Å². The van der Waals surface area contributed by atoms with Crippen LogP contribution < -0.4 is 0 Å². The Kier molecular flexibility index (Phi) is 6.07. The van der Waals surface area contributed by atoms with Crippen molar-refractivity contribution in [2.24, 2.45) is 0 Å². The predicted molar refractivity (Wildman–Crippen MR) is 96.4 cm³/mol. The average molecular weight is 347 g/mol. The van der Waals surface area contributed by atoms with Crippen molar-refractivity contribution in [3.8, 4) is 0 Å². The van der Waals surface area contributed by atoms with Crippen molar-refractivity contribution in [3.63, 3.8) is 0 Å². The lowest BCUT2D eigenvalue weighted by atomic mass is 9.98. The monoisotopic (exact) mass is 347 g/mol. The number of methoxy groups -OCH3 is 1. The number of carbonyl (C=O) groups excluding carboxylic acids is 1. The van der Waals surface area contributed by atoms with Crippen molar-refractivity contribution in [1.29, 1.82) is 0 Å². The molecule has 2 aromatic heterocycles. The molecule has 0 N–H and O–H groups in total. The number of amides is 1. The summed E-state index contributed by atoms with van der Waals surface area (Å²) in [5.41, 5.74) is 1.59. The third kappa shape index (κ3) is 4.61. The van der Waals surface area contributed by atoms with Gasteiger partial charge >= 0.3 is 0 Å². The van der Waals surface area contributed by atoms with E-state index in [0.717, 1.165) is 16.4 Å². The highest BCUT2D eigenvalue weighted by molar-refractivity contribution is 7.14. The summed E-state index contributed by atoms with van der Waals surface area (Å²) in [6.45, 7) is 9.69. The summed E-state index contributed by atoms with van der Waals surface area (Å²) in [4.78, 5) is 24.4. The van der Waals surface area contributed by atoms with E-state index in [2.05, 4.69) is 30.7 Å². The Hall–Kier alpha value is -1.79. The van der Waals surface area contributed by atoms with E-state index in [9.17, 15) is 4.79 Å².